The van der Waals surface area contributed by atoms with Gasteiger partial charge in [-0.2, -0.15) is 0 Å². The second kappa shape index (κ2) is 12.6. The minimum atomic E-state index is -0.177. The normalized spacial score (nSPS) is 28.2. The molecule has 3 N–H and O–H groups in total. The smallest absolute Gasteiger partial charge is 0.315 e. The van der Waals surface area contributed by atoms with Crippen LogP contribution in [0.5, 0.6) is 0 Å². The second-order valence-corrected chi connectivity index (χ2v) is 11.8. The topological polar surface area (TPSA) is 85.9 Å². The van der Waals surface area contributed by atoms with Crippen LogP contribution in [0.25, 0.3) is 0 Å². The Morgan fingerprint density at radius 3 is 2.55 bits per heavy atom. The fraction of sp³-hybridized carbons (Fsp3) is 0.562. The fourth-order valence-corrected chi connectivity index (χ4v) is 7.32. The van der Waals surface area contributed by atoms with Gasteiger partial charge in [-0.05, 0) is 49.4 Å². The molecule has 0 aromatic heterocycles. The van der Waals surface area contributed by atoms with Crippen LogP contribution in [0.1, 0.15) is 61.7 Å². The second-order valence-electron chi connectivity index (χ2n) is 11.8. The first-order valence-electron chi connectivity index (χ1n) is 15.2. The van der Waals surface area contributed by atoms with Gasteiger partial charge in [-0.3, -0.25) is 9.69 Å². The maximum absolute atomic E-state index is 14.3. The maximum Gasteiger partial charge on any atom is 0.315 e. The zero-order valence-electron chi connectivity index (χ0n) is 23.4. The van der Waals surface area contributed by atoms with Crippen molar-refractivity contribution < 1.29 is 14.3 Å². The number of hydrogen-bond donors (Lipinski definition) is 3. The number of rotatable bonds is 7. The van der Waals surface area contributed by atoms with Crippen molar-refractivity contribution in [3.63, 3.8) is 0 Å². The highest BCUT2D eigenvalue weighted by atomic mass is 16.5. The lowest BCUT2D eigenvalue weighted by Gasteiger charge is -2.42. The van der Waals surface area contributed by atoms with Crippen molar-refractivity contribution in [3.05, 3.63) is 65.7 Å². The molecule has 2 saturated heterocycles. The lowest BCUT2D eigenvalue weighted by Crippen LogP contribution is -2.52. The van der Waals surface area contributed by atoms with Crippen LogP contribution >= 0.6 is 0 Å². The average molecular weight is 546 g/mol. The Kier molecular flexibility index (Phi) is 8.54. The molecule has 3 fully saturated rings. The molecule has 0 radical (unpaired) electrons. The number of fused-ring (bicyclic) bond motifs is 3. The molecule has 3 aliphatic heterocycles. The van der Waals surface area contributed by atoms with Crippen molar-refractivity contribution in [1.82, 2.24) is 20.4 Å². The number of nitrogens with zero attached hydrogens (tertiary/aromatic N) is 2. The Bertz CT molecular complexity index is 1150. The third kappa shape index (κ3) is 5.84. The molecule has 3 amide bonds. The Balaban J connectivity index is 1.11. The number of carbonyl (C=O) groups excluding carboxylic acids is 2. The molecular weight excluding hydrogens is 502 g/mol. The summed E-state index contributed by atoms with van der Waals surface area (Å²) in [4.78, 5) is 31.6. The summed E-state index contributed by atoms with van der Waals surface area (Å²) in [6.07, 6.45) is 5.63. The molecule has 1 saturated carbocycles. The molecule has 6 rings (SSSR count). The number of likely N-dealkylation sites (tertiary alicyclic amines) is 1. The van der Waals surface area contributed by atoms with Crippen LogP contribution in [0.3, 0.4) is 0 Å². The molecule has 4 aliphatic rings. The summed E-state index contributed by atoms with van der Waals surface area (Å²) in [7, 11) is 0. The van der Waals surface area contributed by atoms with Crippen molar-refractivity contribution in [3.8, 4) is 0 Å². The number of hydrogen-bond acceptors (Lipinski definition) is 5. The van der Waals surface area contributed by atoms with E-state index >= 15 is 0 Å². The van der Waals surface area contributed by atoms with Crippen LogP contribution in [-0.2, 0) is 9.53 Å². The molecule has 0 bridgehead atoms. The molecule has 1 aliphatic carbocycles. The zero-order valence-corrected chi connectivity index (χ0v) is 23.4. The zero-order chi connectivity index (χ0) is 27.3. The van der Waals surface area contributed by atoms with Gasteiger partial charge >= 0.3 is 6.03 Å². The summed E-state index contributed by atoms with van der Waals surface area (Å²) >= 11 is 0. The first kappa shape index (κ1) is 27.1. The Morgan fingerprint density at radius 2 is 1.70 bits per heavy atom. The number of morpholine rings is 1. The molecule has 3 heterocycles. The Hall–Kier alpha value is -3.10. The van der Waals surface area contributed by atoms with E-state index in [1.807, 2.05) is 0 Å². The summed E-state index contributed by atoms with van der Waals surface area (Å²) in [6, 6.07) is 19.0. The molecule has 8 heteroatoms. The highest BCUT2D eigenvalue weighted by Crippen LogP contribution is 2.51. The lowest BCUT2D eigenvalue weighted by atomic mass is 9.79. The van der Waals surface area contributed by atoms with E-state index < -0.39 is 0 Å². The van der Waals surface area contributed by atoms with Crippen molar-refractivity contribution in [2.45, 2.75) is 56.7 Å². The molecule has 40 heavy (non-hydrogen) atoms. The van der Waals surface area contributed by atoms with Gasteiger partial charge in [-0.1, -0.05) is 61.4 Å². The van der Waals surface area contributed by atoms with Crippen molar-refractivity contribution in [1.29, 1.82) is 0 Å². The standard InChI is InChI=1S/C32H43N5O3/c38-31(25-12-5-7-14-28(25)35-32(39)33-16-8-17-36-19-21-40-22-20-36)37-18-15-26-29(23-9-2-1-3-10-23)34-27-13-6-4-11-24(27)30(26)37/h1-4,6,9-11,13,25-26,28-30,34H,5,7-8,12,14-22H2,(H2,33,35,39)/t25-,26-,28+,29-,30-/m0/s1. The summed E-state index contributed by atoms with van der Waals surface area (Å²) < 4.78 is 5.41. The van der Waals surface area contributed by atoms with Crippen LogP contribution in [0.4, 0.5) is 10.5 Å². The van der Waals surface area contributed by atoms with Crippen molar-refractivity contribution in [2.24, 2.45) is 11.8 Å². The molecule has 8 nitrogen and oxygen atoms in total. The van der Waals surface area contributed by atoms with E-state index in [0.717, 1.165) is 83.6 Å². The van der Waals surface area contributed by atoms with Crippen LogP contribution in [-0.4, -0.2) is 73.7 Å². The minimum absolute atomic E-state index is 0.0479. The van der Waals surface area contributed by atoms with Gasteiger partial charge in [-0.15, -0.1) is 0 Å². The first-order valence-corrected chi connectivity index (χ1v) is 15.2. The van der Waals surface area contributed by atoms with Gasteiger partial charge in [0.1, 0.15) is 0 Å². The monoisotopic (exact) mass is 545 g/mol. The van der Waals surface area contributed by atoms with E-state index in [4.69, 9.17) is 4.74 Å². The maximum atomic E-state index is 14.3. The number of nitrogens with one attached hydrogen (secondary N) is 3. The average Bonchev–Trinajstić information content (AvgIpc) is 3.45. The van der Waals surface area contributed by atoms with Gasteiger partial charge in [0.25, 0.3) is 0 Å². The highest BCUT2D eigenvalue weighted by molar-refractivity contribution is 5.82. The Labute approximate surface area is 237 Å². The number of amides is 3. The largest absolute Gasteiger partial charge is 0.379 e. The SMILES string of the molecule is O=C(NCCCN1CCOCC1)N[C@@H]1CCCC[C@@H]1C(=O)N1CC[C@H]2[C@H](c3ccccc3)Nc3ccccc3[C@@H]21. The number of carbonyl (C=O) groups is 2. The molecule has 5 atom stereocenters. The van der Waals surface area contributed by atoms with Crippen LogP contribution in [0.15, 0.2) is 54.6 Å². The van der Waals surface area contributed by atoms with E-state index in [0.29, 0.717) is 12.5 Å². The van der Waals surface area contributed by atoms with E-state index in [2.05, 4.69) is 80.3 Å². The van der Waals surface area contributed by atoms with Crippen molar-refractivity contribution >= 4 is 17.6 Å². The summed E-state index contributed by atoms with van der Waals surface area (Å²) in [6.45, 7) is 5.86. The highest BCUT2D eigenvalue weighted by Gasteiger charge is 2.48. The van der Waals surface area contributed by atoms with Gasteiger partial charge < -0.3 is 25.6 Å². The molecule has 2 aromatic carbocycles. The fourth-order valence-electron chi connectivity index (χ4n) is 7.32. The number of anilines is 1. The van der Waals surface area contributed by atoms with Gasteiger partial charge in [-0.25, -0.2) is 4.79 Å². The van der Waals surface area contributed by atoms with E-state index in [1.54, 1.807) is 0 Å². The number of para-hydroxylation sites is 1. The molecule has 214 valence electrons. The van der Waals surface area contributed by atoms with E-state index in [9.17, 15) is 9.59 Å². The molecule has 2 aromatic rings. The predicted octanol–water partition coefficient (Wildman–Crippen LogP) is 4.32. The van der Waals surface area contributed by atoms with Crippen molar-refractivity contribution in [2.75, 3.05) is 51.3 Å². The van der Waals surface area contributed by atoms with Crippen LogP contribution < -0.4 is 16.0 Å². The molecule has 0 spiro atoms. The predicted molar refractivity (Wildman–Crippen MR) is 156 cm³/mol. The third-order valence-electron chi connectivity index (χ3n) is 9.35. The van der Waals surface area contributed by atoms with Gasteiger partial charge in [0.15, 0.2) is 0 Å². The number of benzene rings is 2. The van der Waals surface area contributed by atoms with Gasteiger partial charge in [0, 0.05) is 43.8 Å². The van der Waals surface area contributed by atoms with Gasteiger partial charge in [0.05, 0.1) is 31.2 Å². The number of urea groups is 1. The van der Waals surface area contributed by atoms with Crippen LogP contribution in [0, 0.1) is 11.8 Å². The summed E-state index contributed by atoms with van der Waals surface area (Å²) in [5.41, 5.74) is 3.60. The van der Waals surface area contributed by atoms with Gasteiger partial charge in [0.2, 0.25) is 5.91 Å². The van der Waals surface area contributed by atoms with Crippen LogP contribution in [0.2, 0.25) is 0 Å². The number of ether oxygens (including phenoxy) is 1. The summed E-state index contributed by atoms with van der Waals surface area (Å²) in [5, 5.41) is 10.0. The third-order valence-corrected chi connectivity index (χ3v) is 9.35. The van der Waals surface area contributed by atoms with E-state index in [-0.39, 0.29) is 36.0 Å². The Morgan fingerprint density at radius 1 is 0.925 bits per heavy atom. The summed E-state index contributed by atoms with van der Waals surface area (Å²) in [5.74, 6) is 0.336. The van der Waals surface area contributed by atoms with E-state index in [1.165, 1.54) is 11.1 Å². The molecule has 0 unspecified atom stereocenters. The molecular formula is C32H43N5O3. The minimum Gasteiger partial charge on any atom is -0.379 e. The lowest BCUT2D eigenvalue weighted by molar-refractivity contribution is -0.138. The quantitative estimate of drug-likeness (QED) is 0.451. The first-order chi connectivity index (χ1) is 19.7.